The second-order valence-electron chi connectivity index (χ2n) is 3.25. The Bertz CT molecular complexity index is 329. The minimum Gasteiger partial charge on any atom is -0.479 e. The molecule has 1 atom stereocenters. The molecule has 0 saturated carbocycles. The van der Waals surface area contributed by atoms with Gasteiger partial charge in [0.05, 0.1) is 0 Å². The lowest BCUT2D eigenvalue weighted by atomic mass is 9.95. The van der Waals surface area contributed by atoms with Gasteiger partial charge < -0.3 is 10.2 Å². The Labute approximate surface area is 76.6 Å². The van der Waals surface area contributed by atoms with Crippen LogP contribution in [-0.2, 0) is 10.4 Å². The first-order valence-corrected chi connectivity index (χ1v) is 3.97. The molecular formula is C10H12O3. The third-order valence-corrected chi connectivity index (χ3v) is 2.00. The van der Waals surface area contributed by atoms with Crippen molar-refractivity contribution >= 4 is 5.97 Å². The van der Waals surface area contributed by atoms with E-state index < -0.39 is 11.6 Å². The molecule has 3 heteroatoms. The van der Waals surface area contributed by atoms with Crippen LogP contribution in [0.1, 0.15) is 18.1 Å². The standard InChI is InChI=1S/C10H12O3/c1-7-4-3-5-8(6-7)10(2,13)9(11)12/h3-6,13H,1-2H3,(H,11,12). The highest BCUT2D eigenvalue weighted by molar-refractivity contribution is 5.78. The number of hydrogen-bond donors (Lipinski definition) is 2. The van der Waals surface area contributed by atoms with E-state index in [9.17, 15) is 9.90 Å². The molecule has 0 aliphatic heterocycles. The van der Waals surface area contributed by atoms with Crippen LogP contribution in [0.25, 0.3) is 0 Å². The highest BCUT2D eigenvalue weighted by Crippen LogP contribution is 2.21. The summed E-state index contributed by atoms with van der Waals surface area (Å²) in [5.41, 5.74) is -0.467. The van der Waals surface area contributed by atoms with Crippen LogP contribution in [0.3, 0.4) is 0 Å². The van der Waals surface area contributed by atoms with E-state index >= 15 is 0 Å². The molecule has 0 saturated heterocycles. The molecular weight excluding hydrogens is 168 g/mol. The summed E-state index contributed by atoms with van der Waals surface area (Å²) in [4.78, 5) is 10.7. The molecule has 2 N–H and O–H groups in total. The molecule has 0 aliphatic carbocycles. The average Bonchev–Trinajstić information content (AvgIpc) is 2.04. The van der Waals surface area contributed by atoms with Gasteiger partial charge in [-0.05, 0) is 19.4 Å². The monoisotopic (exact) mass is 180 g/mol. The molecule has 1 rings (SSSR count). The topological polar surface area (TPSA) is 57.5 Å². The quantitative estimate of drug-likeness (QED) is 0.721. The van der Waals surface area contributed by atoms with E-state index in [1.54, 1.807) is 18.2 Å². The summed E-state index contributed by atoms with van der Waals surface area (Å²) in [5, 5.41) is 18.3. The Morgan fingerprint density at radius 1 is 1.46 bits per heavy atom. The lowest BCUT2D eigenvalue weighted by molar-refractivity contribution is -0.157. The number of carboxylic acids is 1. The van der Waals surface area contributed by atoms with E-state index in [1.807, 2.05) is 13.0 Å². The van der Waals surface area contributed by atoms with Gasteiger partial charge in [0.25, 0.3) is 0 Å². The first-order valence-electron chi connectivity index (χ1n) is 3.97. The summed E-state index contributed by atoms with van der Waals surface area (Å²) in [6.45, 7) is 3.12. The molecule has 0 aliphatic rings. The molecule has 0 fully saturated rings. The third-order valence-electron chi connectivity index (χ3n) is 2.00. The van der Waals surface area contributed by atoms with Crippen molar-refractivity contribution in [1.29, 1.82) is 0 Å². The largest absolute Gasteiger partial charge is 0.479 e. The van der Waals surface area contributed by atoms with E-state index in [0.717, 1.165) is 5.56 Å². The van der Waals surface area contributed by atoms with Crippen LogP contribution in [0.2, 0.25) is 0 Å². The van der Waals surface area contributed by atoms with Crippen LogP contribution in [0.5, 0.6) is 0 Å². The Morgan fingerprint density at radius 2 is 2.08 bits per heavy atom. The maximum absolute atomic E-state index is 10.7. The van der Waals surface area contributed by atoms with Crippen molar-refractivity contribution in [2.24, 2.45) is 0 Å². The van der Waals surface area contributed by atoms with Gasteiger partial charge in [0.2, 0.25) is 0 Å². The van der Waals surface area contributed by atoms with Crippen LogP contribution in [0.15, 0.2) is 24.3 Å². The van der Waals surface area contributed by atoms with E-state index in [0.29, 0.717) is 5.56 Å². The molecule has 3 nitrogen and oxygen atoms in total. The van der Waals surface area contributed by atoms with Gasteiger partial charge in [0.1, 0.15) is 0 Å². The fourth-order valence-corrected chi connectivity index (χ4v) is 1.07. The first-order chi connectivity index (χ1) is 5.94. The van der Waals surface area contributed by atoms with Crippen LogP contribution >= 0.6 is 0 Å². The normalized spacial score (nSPS) is 15.0. The zero-order valence-electron chi connectivity index (χ0n) is 7.61. The fourth-order valence-electron chi connectivity index (χ4n) is 1.07. The molecule has 0 spiro atoms. The average molecular weight is 180 g/mol. The van der Waals surface area contributed by atoms with Crippen molar-refractivity contribution < 1.29 is 15.0 Å². The summed E-state index contributed by atoms with van der Waals surface area (Å²) in [7, 11) is 0. The molecule has 0 radical (unpaired) electrons. The minimum absolute atomic E-state index is 0.403. The van der Waals surface area contributed by atoms with Gasteiger partial charge in [0.15, 0.2) is 5.60 Å². The summed E-state index contributed by atoms with van der Waals surface area (Å²) in [5.74, 6) is -1.24. The number of aliphatic carboxylic acids is 1. The summed E-state index contributed by atoms with van der Waals surface area (Å²) >= 11 is 0. The number of rotatable bonds is 2. The minimum atomic E-state index is -1.80. The van der Waals surface area contributed by atoms with Crippen LogP contribution in [0.4, 0.5) is 0 Å². The number of hydrogen-bond acceptors (Lipinski definition) is 2. The number of carbonyl (C=O) groups is 1. The van der Waals surface area contributed by atoms with Crippen molar-refractivity contribution in [3.05, 3.63) is 35.4 Å². The molecule has 0 aromatic heterocycles. The van der Waals surface area contributed by atoms with Gasteiger partial charge in [-0.25, -0.2) is 4.79 Å². The number of carboxylic acid groups (broad SMARTS) is 1. The second kappa shape index (κ2) is 3.18. The van der Waals surface area contributed by atoms with E-state index in [4.69, 9.17) is 5.11 Å². The highest BCUT2D eigenvalue weighted by Gasteiger charge is 2.31. The van der Waals surface area contributed by atoms with E-state index in [1.165, 1.54) is 6.92 Å². The molecule has 1 aromatic carbocycles. The Kier molecular flexibility index (Phi) is 2.38. The molecule has 1 unspecified atom stereocenters. The molecule has 0 amide bonds. The van der Waals surface area contributed by atoms with Crippen molar-refractivity contribution in [2.75, 3.05) is 0 Å². The third kappa shape index (κ3) is 1.87. The van der Waals surface area contributed by atoms with Gasteiger partial charge in [-0.15, -0.1) is 0 Å². The fraction of sp³-hybridized carbons (Fsp3) is 0.300. The highest BCUT2D eigenvalue weighted by atomic mass is 16.4. The zero-order chi connectivity index (χ0) is 10.1. The lowest BCUT2D eigenvalue weighted by Crippen LogP contribution is -2.31. The van der Waals surface area contributed by atoms with Gasteiger partial charge >= 0.3 is 5.97 Å². The number of aliphatic hydroxyl groups is 1. The summed E-state index contributed by atoms with van der Waals surface area (Å²) < 4.78 is 0. The Morgan fingerprint density at radius 3 is 2.54 bits per heavy atom. The van der Waals surface area contributed by atoms with Crippen molar-refractivity contribution in [3.8, 4) is 0 Å². The van der Waals surface area contributed by atoms with Crippen LogP contribution in [0, 0.1) is 6.92 Å². The molecule has 0 heterocycles. The zero-order valence-corrected chi connectivity index (χ0v) is 7.61. The van der Waals surface area contributed by atoms with Gasteiger partial charge in [0, 0.05) is 0 Å². The molecule has 1 aromatic rings. The van der Waals surface area contributed by atoms with Gasteiger partial charge in [-0.2, -0.15) is 0 Å². The first kappa shape index (κ1) is 9.74. The maximum atomic E-state index is 10.7. The summed E-state index contributed by atoms with van der Waals surface area (Å²) in [6.07, 6.45) is 0. The van der Waals surface area contributed by atoms with Gasteiger partial charge in [-0.3, -0.25) is 0 Å². The molecule has 13 heavy (non-hydrogen) atoms. The SMILES string of the molecule is Cc1cccc(C(C)(O)C(=O)O)c1. The summed E-state index contributed by atoms with van der Waals surface area (Å²) in [6, 6.07) is 6.83. The second-order valence-corrected chi connectivity index (χ2v) is 3.25. The smallest absolute Gasteiger partial charge is 0.340 e. The Balaban J connectivity index is 3.14. The number of aryl methyl sites for hydroxylation is 1. The Hall–Kier alpha value is -1.35. The van der Waals surface area contributed by atoms with Crippen LogP contribution in [-0.4, -0.2) is 16.2 Å². The lowest BCUT2D eigenvalue weighted by Gasteiger charge is -2.18. The predicted molar refractivity (Wildman–Crippen MR) is 48.4 cm³/mol. The predicted octanol–water partition coefficient (Wildman–Crippen LogP) is 1.29. The van der Waals surface area contributed by atoms with Gasteiger partial charge in [-0.1, -0.05) is 29.8 Å². The molecule has 0 bridgehead atoms. The van der Waals surface area contributed by atoms with Crippen molar-refractivity contribution in [2.45, 2.75) is 19.4 Å². The van der Waals surface area contributed by atoms with E-state index in [-0.39, 0.29) is 0 Å². The van der Waals surface area contributed by atoms with Crippen molar-refractivity contribution in [3.63, 3.8) is 0 Å². The number of benzene rings is 1. The maximum Gasteiger partial charge on any atom is 0.340 e. The van der Waals surface area contributed by atoms with E-state index in [2.05, 4.69) is 0 Å². The van der Waals surface area contributed by atoms with Crippen molar-refractivity contribution in [1.82, 2.24) is 0 Å². The van der Waals surface area contributed by atoms with Crippen LogP contribution < -0.4 is 0 Å². The molecule has 70 valence electrons.